The van der Waals surface area contributed by atoms with Crippen LogP contribution in [0, 0.1) is 0 Å². The van der Waals surface area contributed by atoms with Crippen molar-refractivity contribution in [3.63, 3.8) is 0 Å². The van der Waals surface area contributed by atoms with Crippen LogP contribution in [-0.4, -0.2) is 14.5 Å². The van der Waals surface area contributed by atoms with Gasteiger partial charge in [0.2, 0.25) is 0 Å². The van der Waals surface area contributed by atoms with Crippen molar-refractivity contribution in [2.45, 2.75) is 13.0 Å². The highest BCUT2D eigenvalue weighted by atomic mass is 32.3. The molecule has 0 aliphatic carbocycles. The Labute approximate surface area is 53.4 Å². The topological polar surface area (TPSA) is 52.6 Å². The molecule has 52 valence electrons. The molecule has 1 aliphatic rings. The molecule has 5 heteroatoms. The van der Waals surface area contributed by atoms with Crippen LogP contribution in [-0.2, 0) is 18.8 Å². The Morgan fingerprint density at radius 1 is 1.56 bits per heavy atom. The van der Waals surface area contributed by atoms with E-state index < -0.39 is 16.5 Å². The van der Waals surface area contributed by atoms with Crippen molar-refractivity contribution in [2.24, 2.45) is 0 Å². The SMILES string of the molecule is CC1C=COS(=O)(=O)O1. The third-order valence-electron chi connectivity index (χ3n) is 0.793. The Morgan fingerprint density at radius 2 is 2.22 bits per heavy atom. The average Bonchev–Trinajstić information content (AvgIpc) is 1.60. The number of hydrogen-bond acceptors (Lipinski definition) is 4. The maximum absolute atomic E-state index is 10.4. The minimum atomic E-state index is -3.72. The third kappa shape index (κ3) is 1.69. The fourth-order valence-electron chi connectivity index (χ4n) is 0.451. The number of rotatable bonds is 0. The van der Waals surface area contributed by atoms with E-state index in [0.717, 1.165) is 6.26 Å². The standard InChI is InChI=1S/C4H6O4S/c1-4-2-3-7-9(5,6)8-4/h2-4H,1H3. The van der Waals surface area contributed by atoms with Gasteiger partial charge in [0.1, 0.15) is 6.26 Å². The summed E-state index contributed by atoms with van der Waals surface area (Å²) in [5, 5.41) is 0. The van der Waals surface area contributed by atoms with Gasteiger partial charge in [0.05, 0.1) is 6.10 Å². The second-order valence-corrected chi connectivity index (χ2v) is 2.84. The first-order valence-electron chi connectivity index (χ1n) is 2.38. The van der Waals surface area contributed by atoms with Crippen LogP contribution < -0.4 is 0 Å². The lowest BCUT2D eigenvalue weighted by atomic mass is 10.4. The largest absolute Gasteiger partial charge is 0.449 e. The Balaban J connectivity index is 2.81. The van der Waals surface area contributed by atoms with Crippen LogP contribution in [0.15, 0.2) is 12.3 Å². The second kappa shape index (κ2) is 2.00. The van der Waals surface area contributed by atoms with E-state index in [2.05, 4.69) is 8.37 Å². The molecule has 0 bridgehead atoms. The third-order valence-corrected chi connectivity index (χ3v) is 1.68. The normalized spacial score (nSPS) is 31.4. The molecule has 0 saturated carbocycles. The molecule has 1 atom stereocenters. The van der Waals surface area contributed by atoms with Crippen LogP contribution >= 0.6 is 0 Å². The predicted molar refractivity (Wildman–Crippen MR) is 29.7 cm³/mol. The summed E-state index contributed by atoms with van der Waals surface area (Å²) in [5.74, 6) is 0. The Morgan fingerprint density at radius 3 is 2.56 bits per heavy atom. The van der Waals surface area contributed by atoms with Gasteiger partial charge in [0.25, 0.3) is 0 Å². The molecule has 9 heavy (non-hydrogen) atoms. The van der Waals surface area contributed by atoms with Gasteiger partial charge in [0.15, 0.2) is 0 Å². The average molecular weight is 150 g/mol. The summed E-state index contributed by atoms with van der Waals surface area (Å²) in [5.41, 5.74) is 0. The van der Waals surface area contributed by atoms with Crippen LogP contribution in [0.3, 0.4) is 0 Å². The molecular formula is C4H6O4S. The lowest BCUT2D eigenvalue weighted by molar-refractivity contribution is 0.207. The lowest BCUT2D eigenvalue weighted by Gasteiger charge is -2.11. The number of hydrogen-bond donors (Lipinski definition) is 0. The van der Waals surface area contributed by atoms with Crippen molar-refractivity contribution in [2.75, 3.05) is 0 Å². The summed E-state index contributed by atoms with van der Waals surface area (Å²) >= 11 is 0. The molecule has 1 heterocycles. The zero-order chi connectivity index (χ0) is 6.91. The van der Waals surface area contributed by atoms with Crippen molar-refractivity contribution in [3.05, 3.63) is 12.3 Å². The van der Waals surface area contributed by atoms with E-state index in [9.17, 15) is 8.42 Å². The molecule has 0 radical (unpaired) electrons. The van der Waals surface area contributed by atoms with Gasteiger partial charge in [0, 0.05) is 0 Å². The van der Waals surface area contributed by atoms with E-state index in [1.54, 1.807) is 6.92 Å². The van der Waals surface area contributed by atoms with Gasteiger partial charge >= 0.3 is 10.4 Å². The highest BCUT2D eigenvalue weighted by molar-refractivity contribution is 7.82. The van der Waals surface area contributed by atoms with Gasteiger partial charge in [-0.25, -0.2) is 4.18 Å². The summed E-state index contributed by atoms with van der Waals surface area (Å²) < 4.78 is 29.2. The summed E-state index contributed by atoms with van der Waals surface area (Å²) in [6.07, 6.45) is 2.19. The van der Waals surface area contributed by atoms with E-state index in [-0.39, 0.29) is 0 Å². The first kappa shape index (κ1) is 6.57. The van der Waals surface area contributed by atoms with Gasteiger partial charge in [-0.05, 0) is 13.0 Å². The summed E-state index contributed by atoms with van der Waals surface area (Å²) in [6, 6.07) is 0. The molecule has 0 N–H and O–H groups in total. The van der Waals surface area contributed by atoms with E-state index in [4.69, 9.17) is 0 Å². The van der Waals surface area contributed by atoms with Crippen LogP contribution in [0.25, 0.3) is 0 Å². The molecule has 0 amide bonds. The molecule has 1 unspecified atom stereocenters. The Kier molecular flexibility index (Phi) is 1.46. The maximum Gasteiger partial charge on any atom is 0.449 e. The molecule has 0 saturated heterocycles. The zero-order valence-electron chi connectivity index (χ0n) is 4.77. The van der Waals surface area contributed by atoms with Gasteiger partial charge in [-0.2, -0.15) is 8.42 Å². The monoisotopic (exact) mass is 150 g/mol. The fourth-order valence-corrected chi connectivity index (χ4v) is 1.13. The molecule has 0 aromatic rings. The van der Waals surface area contributed by atoms with Crippen molar-refractivity contribution >= 4 is 10.4 Å². The van der Waals surface area contributed by atoms with Crippen LogP contribution in [0.5, 0.6) is 0 Å². The maximum atomic E-state index is 10.4. The zero-order valence-corrected chi connectivity index (χ0v) is 5.59. The van der Waals surface area contributed by atoms with Crippen molar-refractivity contribution in [1.82, 2.24) is 0 Å². The van der Waals surface area contributed by atoms with Crippen molar-refractivity contribution < 1.29 is 16.8 Å². The van der Waals surface area contributed by atoms with E-state index >= 15 is 0 Å². The molecular weight excluding hydrogens is 144 g/mol. The lowest BCUT2D eigenvalue weighted by Crippen LogP contribution is -2.17. The minimum Gasteiger partial charge on any atom is -0.370 e. The van der Waals surface area contributed by atoms with Gasteiger partial charge < -0.3 is 4.18 Å². The van der Waals surface area contributed by atoms with E-state index in [0.29, 0.717) is 0 Å². The van der Waals surface area contributed by atoms with Gasteiger partial charge in [-0.3, -0.25) is 0 Å². The highest BCUT2D eigenvalue weighted by Gasteiger charge is 2.18. The molecule has 0 spiro atoms. The van der Waals surface area contributed by atoms with Crippen molar-refractivity contribution in [1.29, 1.82) is 0 Å². The second-order valence-electron chi connectivity index (χ2n) is 1.63. The van der Waals surface area contributed by atoms with Crippen LogP contribution in [0.2, 0.25) is 0 Å². The quantitative estimate of drug-likeness (QED) is 0.494. The molecule has 0 aromatic heterocycles. The minimum absolute atomic E-state index is 0.413. The molecule has 4 nitrogen and oxygen atoms in total. The first-order valence-corrected chi connectivity index (χ1v) is 3.72. The highest BCUT2D eigenvalue weighted by Crippen LogP contribution is 2.08. The molecule has 1 rings (SSSR count). The van der Waals surface area contributed by atoms with Crippen LogP contribution in [0.1, 0.15) is 6.92 Å². The predicted octanol–water partition coefficient (Wildman–Crippen LogP) is 0.180. The van der Waals surface area contributed by atoms with Gasteiger partial charge in [-0.1, -0.05) is 0 Å². The van der Waals surface area contributed by atoms with Crippen LogP contribution in [0.4, 0.5) is 0 Å². The Hall–Kier alpha value is -0.550. The summed E-state index contributed by atoms with van der Waals surface area (Å²) in [6.45, 7) is 1.61. The van der Waals surface area contributed by atoms with Crippen molar-refractivity contribution in [3.8, 4) is 0 Å². The molecule has 1 aliphatic heterocycles. The fraction of sp³-hybridized carbons (Fsp3) is 0.500. The summed E-state index contributed by atoms with van der Waals surface area (Å²) in [7, 11) is -3.72. The summed E-state index contributed by atoms with van der Waals surface area (Å²) in [4.78, 5) is 0. The first-order chi connectivity index (χ1) is 4.10. The van der Waals surface area contributed by atoms with E-state index in [1.165, 1.54) is 6.08 Å². The van der Waals surface area contributed by atoms with Gasteiger partial charge in [-0.15, -0.1) is 0 Å². The Bertz CT molecular complexity index is 215. The molecule has 0 aromatic carbocycles. The molecule has 0 fully saturated rings. The van der Waals surface area contributed by atoms with E-state index in [1.807, 2.05) is 0 Å². The smallest absolute Gasteiger partial charge is 0.370 e.